The molecule has 1 aliphatic carbocycles. The molecule has 2 aromatic rings. The average molecular weight is 592 g/mol. The zero-order chi connectivity index (χ0) is 28.8. The Labute approximate surface area is 249 Å². The Morgan fingerprint density at radius 1 is 0.610 bits per heavy atom. The molecule has 1 N–H and O–H groups in total. The number of rotatable bonds is 24. The zero-order valence-electron chi connectivity index (χ0n) is 24.2. The predicted molar refractivity (Wildman–Crippen MR) is 161 cm³/mol. The number of alkyl carbamates (subject to hydrolysis) is 1. The number of amides is 1. The molecule has 0 bridgehead atoms. The number of hydrogen-bond donors (Lipinski definition) is 1. The lowest BCUT2D eigenvalue weighted by atomic mass is 9.98. The number of unbranched alkanes of at least 4 members (excludes halogenated alkanes) is 3. The fourth-order valence-electron chi connectivity index (χ4n) is 4.65. The van der Waals surface area contributed by atoms with Gasteiger partial charge in [-0.05, 0) is 41.5 Å². The minimum Gasteiger partial charge on any atom is -0.449 e. The van der Waals surface area contributed by atoms with Crippen molar-refractivity contribution < 1.29 is 33.2 Å². The number of carbonyl (C=O) groups excluding carboxylic acids is 1. The van der Waals surface area contributed by atoms with Gasteiger partial charge < -0.3 is 33.7 Å². The Morgan fingerprint density at radius 2 is 1.07 bits per heavy atom. The summed E-state index contributed by atoms with van der Waals surface area (Å²) in [6.07, 6.45) is 4.79. The second-order valence-corrected chi connectivity index (χ2v) is 10.1. The summed E-state index contributed by atoms with van der Waals surface area (Å²) in [5, 5.41) is 2.81. The molecule has 0 aromatic heterocycles. The normalized spacial score (nSPS) is 12.3. The van der Waals surface area contributed by atoms with E-state index in [0.717, 1.165) is 25.3 Å². The standard InChI is InChI=1S/C32H46ClNO7/c33-14-7-1-2-8-16-36-18-20-38-22-24-40-25-23-39-21-19-37-17-9-15-34-32(35)41-26-31-29-12-5-3-10-27(29)28-11-4-6-13-30(28)31/h3-6,10-13,31H,1-2,7-9,14-26H2,(H,34,35). The van der Waals surface area contributed by atoms with E-state index in [9.17, 15) is 4.79 Å². The monoisotopic (exact) mass is 591 g/mol. The first-order chi connectivity index (χ1) is 20.3. The van der Waals surface area contributed by atoms with Crippen LogP contribution >= 0.6 is 11.6 Å². The molecule has 228 valence electrons. The summed E-state index contributed by atoms with van der Waals surface area (Å²) in [6, 6.07) is 16.6. The van der Waals surface area contributed by atoms with E-state index in [-0.39, 0.29) is 5.92 Å². The topological polar surface area (TPSA) is 84.5 Å². The van der Waals surface area contributed by atoms with Gasteiger partial charge in [-0.15, -0.1) is 11.6 Å². The van der Waals surface area contributed by atoms with Crippen LogP contribution in [0.25, 0.3) is 11.1 Å². The maximum atomic E-state index is 12.2. The van der Waals surface area contributed by atoms with Gasteiger partial charge in [0.05, 0.1) is 52.9 Å². The Balaban J connectivity index is 1.06. The van der Waals surface area contributed by atoms with E-state index < -0.39 is 6.09 Å². The first-order valence-corrected chi connectivity index (χ1v) is 15.4. The third kappa shape index (κ3) is 13.1. The number of halogens is 1. The molecular formula is C32H46ClNO7. The maximum Gasteiger partial charge on any atom is 0.407 e. The Hall–Kier alpha value is -2.20. The van der Waals surface area contributed by atoms with Crippen LogP contribution in [0.1, 0.15) is 49.1 Å². The Morgan fingerprint density at radius 3 is 1.61 bits per heavy atom. The van der Waals surface area contributed by atoms with Gasteiger partial charge in [-0.25, -0.2) is 4.79 Å². The smallest absolute Gasteiger partial charge is 0.407 e. The molecule has 0 saturated carbocycles. The molecule has 0 unspecified atom stereocenters. The average Bonchev–Trinajstić information content (AvgIpc) is 3.32. The van der Waals surface area contributed by atoms with E-state index in [1.807, 2.05) is 24.3 Å². The van der Waals surface area contributed by atoms with E-state index in [1.54, 1.807) is 0 Å². The minimum atomic E-state index is -0.404. The molecule has 0 heterocycles. The zero-order valence-corrected chi connectivity index (χ0v) is 24.9. The molecule has 0 saturated heterocycles. The van der Waals surface area contributed by atoms with Crippen molar-refractivity contribution in [1.82, 2.24) is 5.32 Å². The quantitative estimate of drug-likeness (QED) is 0.122. The molecule has 3 rings (SSSR count). The van der Waals surface area contributed by atoms with Crippen molar-refractivity contribution in [3.05, 3.63) is 59.7 Å². The number of alkyl halides is 1. The molecular weight excluding hydrogens is 546 g/mol. The largest absolute Gasteiger partial charge is 0.449 e. The second-order valence-electron chi connectivity index (χ2n) is 9.77. The molecule has 0 aliphatic heterocycles. The van der Waals surface area contributed by atoms with Crippen LogP contribution in [-0.4, -0.2) is 91.2 Å². The predicted octanol–water partition coefficient (Wildman–Crippen LogP) is 5.80. The lowest BCUT2D eigenvalue weighted by molar-refractivity contribution is -0.0113. The van der Waals surface area contributed by atoms with Crippen molar-refractivity contribution in [2.45, 2.75) is 38.0 Å². The van der Waals surface area contributed by atoms with Crippen LogP contribution < -0.4 is 5.32 Å². The molecule has 8 nitrogen and oxygen atoms in total. The summed E-state index contributed by atoms with van der Waals surface area (Å²) in [5.74, 6) is 0.804. The molecule has 2 aromatic carbocycles. The van der Waals surface area contributed by atoms with Crippen LogP contribution in [0.3, 0.4) is 0 Å². The van der Waals surface area contributed by atoms with Crippen LogP contribution in [-0.2, 0) is 28.4 Å². The maximum absolute atomic E-state index is 12.2. The highest BCUT2D eigenvalue weighted by Crippen LogP contribution is 2.44. The van der Waals surface area contributed by atoms with Crippen molar-refractivity contribution >= 4 is 17.7 Å². The lowest BCUT2D eigenvalue weighted by Crippen LogP contribution is -2.27. The van der Waals surface area contributed by atoms with Crippen LogP contribution in [0.2, 0.25) is 0 Å². The molecule has 1 amide bonds. The minimum absolute atomic E-state index is 0.0620. The van der Waals surface area contributed by atoms with Crippen molar-refractivity contribution in [2.24, 2.45) is 0 Å². The van der Waals surface area contributed by atoms with Crippen LogP contribution in [0, 0.1) is 0 Å². The van der Waals surface area contributed by atoms with Gasteiger partial charge in [0.15, 0.2) is 0 Å². The summed E-state index contributed by atoms with van der Waals surface area (Å²) < 4.78 is 33.1. The van der Waals surface area contributed by atoms with Gasteiger partial charge in [-0.2, -0.15) is 0 Å². The van der Waals surface area contributed by atoms with Crippen molar-refractivity contribution in [1.29, 1.82) is 0 Å². The molecule has 0 fully saturated rings. The van der Waals surface area contributed by atoms with Crippen molar-refractivity contribution in [3.63, 3.8) is 0 Å². The molecule has 0 atom stereocenters. The SMILES string of the molecule is O=C(NCCCOCCOCCOCCOCCOCCCCCCCl)OCC1c2ccccc2-c2ccccc21. The van der Waals surface area contributed by atoms with E-state index in [2.05, 4.69) is 29.6 Å². The van der Waals surface area contributed by atoms with Crippen LogP contribution in [0.5, 0.6) is 0 Å². The molecule has 41 heavy (non-hydrogen) atoms. The van der Waals surface area contributed by atoms with Crippen LogP contribution in [0.15, 0.2) is 48.5 Å². The summed E-state index contributed by atoms with van der Waals surface area (Å²) in [7, 11) is 0. The fourth-order valence-corrected chi connectivity index (χ4v) is 4.84. The number of ether oxygens (including phenoxy) is 6. The number of fused-ring (bicyclic) bond motifs is 3. The number of nitrogens with one attached hydrogen (secondary N) is 1. The molecule has 1 aliphatic rings. The van der Waals surface area contributed by atoms with Crippen molar-refractivity contribution in [2.75, 3.05) is 85.1 Å². The molecule has 9 heteroatoms. The van der Waals surface area contributed by atoms with Gasteiger partial charge in [-0.3, -0.25) is 0 Å². The number of hydrogen-bond acceptors (Lipinski definition) is 7. The summed E-state index contributed by atoms with van der Waals surface area (Å²) >= 11 is 5.65. The van der Waals surface area contributed by atoms with Gasteiger partial charge in [0, 0.05) is 31.6 Å². The summed E-state index contributed by atoms with van der Waals surface area (Å²) in [5.41, 5.74) is 4.84. The van der Waals surface area contributed by atoms with E-state index in [4.69, 9.17) is 40.0 Å². The highest BCUT2D eigenvalue weighted by Gasteiger charge is 2.28. The van der Waals surface area contributed by atoms with E-state index >= 15 is 0 Å². The third-order valence-corrected chi connectivity index (χ3v) is 7.01. The second kappa shape index (κ2) is 21.5. The summed E-state index contributed by atoms with van der Waals surface area (Å²) in [6.45, 7) is 6.45. The number of benzene rings is 2. The Bertz CT molecular complexity index is 931. The molecule has 0 radical (unpaired) electrons. The highest BCUT2D eigenvalue weighted by atomic mass is 35.5. The molecule has 0 spiro atoms. The fraction of sp³-hybridized carbons (Fsp3) is 0.594. The van der Waals surface area contributed by atoms with Gasteiger partial charge in [0.25, 0.3) is 0 Å². The van der Waals surface area contributed by atoms with E-state index in [1.165, 1.54) is 35.1 Å². The van der Waals surface area contributed by atoms with Gasteiger partial charge in [0.1, 0.15) is 6.61 Å². The van der Waals surface area contributed by atoms with Gasteiger partial charge in [0.2, 0.25) is 0 Å². The van der Waals surface area contributed by atoms with Gasteiger partial charge in [-0.1, -0.05) is 61.4 Å². The number of carbonyl (C=O) groups is 1. The lowest BCUT2D eigenvalue weighted by Gasteiger charge is -2.14. The highest BCUT2D eigenvalue weighted by molar-refractivity contribution is 6.17. The van der Waals surface area contributed by atoms with Crippen molar-refractivity contribution in [3.8, 4) is 11.1 Å². The first-order valence-electron chi connectivity index (χ1n) is 14.8. The first kappa shape index (κ1) is 33.3. The van der Waals surface area contributed by atoms with E-state index in [0.29, 0.717) is 79.0 Å². The van der Waals surface area contributed by atoms with Crippen LogP contribution in [0.4, 0.5) is 4.79 Å². The summed E-state index contributed by atoms with van der Waals surface area (Å²) in [4.78, 5) is 12.2. The van der Waals surface area contributed by atoms with Gasteiger partial charge >= 0.3 is 6.09 Å². The Kier molecular flexibility index (Phi) is 17.5. The third-order valence-electron chi connectivity index (χ3n) is 6.74.